The molecule has 3 fully saturated rings. The summed E-state index contributed by atoms with van der Waals surface area (Å²) in [6.45, 7) is 3.43. The number of benzene rings is 1. The van der Waals surface area contributed by atoms with E-state index in [4.69, 9.17) is 10.5 Å². The molecule has 2 atom stereocenters. The standard InChI is InChI=1S/C22H32N2O2/c1-14-5-8-18(20(9-14)26-13-15-6-7-15)12-24-22(25)19-10-16-3-2-4-17(11-19)21(16)23/h5,8-9,15-17,19,21H,2-4,6-7,10-13,23H2,1H3,(H,24,25). The average molecular weight is 357 g/mol. The molecule has 0 saturated heterocycles. The van der Waals surface area contributed by atoms with Gasteiger partial charge >= 0.3 is 0 Å². The van der Waals surface area contributed by atoms with E-state index in [1.165, 1.54) is 37.7 Å². The molecule has 0 heterocycles. The number of fused-ring (bicyclic) bond motifs is 2. The van der Waals surface area contributed by atoms with E-state index in [0.29, 0.717) is 24.4 Å². The van der Waals surface area contributed by atoms with Crippen molar-refractivity contribution in [2.75, 3.05) is 6.61 Å². The van der Waals surface area contributed by atoms with E-state index in [-0.39, 0.29) is 11.8 Å². The van der Waals surface area contributed by atoms with Crippen LogP contribution in [0.3, 0.4) is 0 Å². The van der Waals surface area contributed by atoms with Crippen LogP contribution in [0.2, 0.25) is 0 Å². The third kappa shape index (κ3) is 4.06. The van der Waals surface area contributed by atoms with Gasteiger partial charge in [-0.05, 0) is 74.8 Å². The summed E-state index contributed by atoms with van der Waals surface area (Å²) >= 11 is 0. The summed E-state index contributed by atoms with van der Waals surface area (Å²) in [5.41, 5.74) is 8.64. The number of nitrogens with one attached hydrogen (secondary N) is 1. The minimum atomic E-state index is 0.131. The molecule has 0 aromatic heterocycles. The molecule has 26 heavy (non-hydrogen) atoms. The summed E-state index contributed by atoms with van der Waals surface area (Å²) in [5, 5.41) is 3.18. The maximum absolute atomic E-state index is 12.8. The SMILES string of the molecule is Cc1ccc(CNC(=O)C2CC3CCCC(C2)C3N)c(OCC2CC2)c1. The normalized spacial score (nSPS) is 30.7. The summed E-state index contributed by atoms with van der Waals surface area (Å²) in [6, 6.07) is 6.58. The molecule has 3 aliphatic carbocycles. The molecule has 1 aromatic carbocycles. The van der Waals surface area contributed by atoms with E-state index in [9.17, 15) is 4.79 Å². The van der Waals surface area contributed by atoms with Gasteiger partial charge in [-0.2, -0.15) is 0 Å². The molecule has 0 aliphatic heterocycles. The number of hydrogen-bond donors (Lipinski definition) is 2. The van der Waals surface area contributed by atoms with Crippen LogP contribution in [0.4, 0.5) is 0 Å². The molecule has 2 unspecified atom stereocenters. The lowest BCUT2D eigenvalue weighted by Crippen LogP contribution is -2.49. The summed E-state index contributed by atoms with van der Waals surface area (Å²) in [6.07, 6.45) is 8.15. The largest absolute Gasteiger partial charge is 0.493 e. The molecule has 4 rings (SSSR count). The number of rotatable bonds is 6. The highest BCUT2D eigenvalue weighted by Gasteiger charge is 2.40. The van der Waals surface area contributed by atoms with Gasteiger partial charge in [-0.3, -0.25) is 4.79 Å². The van der Waals surface area contributed by atoms with Gasteiger partial charge in [0.05, 0.1) is 6.61 Å². The molecule has 4 heteroatoms. The molecule has 3 aliphatic rings. The zero-order chi connectivity index (χ0) is 18.1. The highest BCUT2D eigenvalue weighted by Crippen LogP contribution is 2.42. The van der Waals surface area contributed by atoms with E-state index >= 15 is 0 Å². The maximum atomic E-state index is 12.8. The molecule has 3 saturated carbocycles. The molecule has 2 bridgehead atoms. The van der Waals surface area contributed by atoms with Crippen molar-refractivity contribution in [2.45, 2.75) is 64.5 Å². The van der Waals surface area contributed by atoms with Crippen molar-refractivity contribution >= 4 is 5.91 Å². The molecule has 4 nitrogen and oxygen atoms in total. The van der Waals surface area contributed by atoms with Crippen molar-refractivity contribution < 1.29 is 9.53 Å². The fraction of sp³-hybridized carbons (Fsp3) is 0.682. The fourth-order valence-corrected chi connectivity index (χ4v) is 4.76. The number of nitrogens with two attached hydrogens (primary N) is 1. The molecular weight excluding hydrogens is 324 g/mol. The Morgan fingerprint density at radius 1 is 1.19 bits per heavy atom. The molecule has 142 valence electrons. The highest BCUT2D eigenvalue weighted by molar-refractivity contribution is 5.78. The number of ether oxygens (including phenoxy) is 1. The van der Waals surface area contributed by atoms with E-state index in [1.807, 2.05) is 0 Å². The van der Waals surface area contributed by atoms with Crippen LogP contribution in [-0.4, -0.2) is 18.6 Å². The zero-order valence-electron chi connectivity index (χ0n) is 15.9. The van der Waals surface area contributed by atoms with Gasteiger partial charge in [0.15, 0.2) is 0 Å². The zero-order valence-corrected chi connectivity index (χ0v) is 15.9. The Morgan fingerprint density at radius 3 is 2.62 bits per heavy atom. The minimum absolute atomic E-state index is 0.131. The lowest BCUT2D eigenvalue weighted by Gasteiger charge is -2.43. The number of amides is 1. The fourth-order valence-electron chi connectivity index (χ4n) is 4.76. The lowest BCUT2D eigenvalue weighted by molar-refractivity contribution is -0.128. The van der Waals surface area contributed by atoms with Crippen LogP contribution in [0, 0.1) is 30.6 Å². The monoisotopic (exact) mass is 356 g/mol. The summed E-state index contributed by atoms with van der Waals surface area (Å²) in [4.78, 5) is 12.8. The van der Waals surface area contributed by atoms with E-state index < -0.39 is 0 Å². The molecule has 1 amide bonds. The summed E-state index contributed by atoms with van der Waals surface area (Å²) < 4.78 is 6.03. The molecule has 3 N–H and O–H groups in total. The number of aryl methyl sites for hydroxylation is 1. The first-order valence-electron chi connectivity index (χ1n) is 10.4. The molecule has 0 radical (unpaired) electrons. The maximum Gasteiger partial charge on any atom is 0.223 e. The van der Waals surface area contributed by atoms with Gasteiger partial charge in [-0.1, -0.05) is 18.6 Å². The second-order valence-electron chi connectivity index (χ2n) is 8.78. The predicted octanol–water partition coefficient (Wildman–Crippen LogP) is 3.55. The van der Waals surface area contributed by atoms with Crippen molar-refractivity contribution in [3.63, 3.8) is 0 Å². The third-order valence-electron chi connectivity index (χ3n) is 6.63. The Hall–Kier alpha value is -1.55. The Morgan fingerprint density at radius 2 is 1.92 bits per heavy atom. The van der Waals surface area contributed by atoms with Crippen LogP contribution >= 0.6 is 0 Å². The van der Waals surface area contributed by atoms with Gasteiger partial charge < -0.3 is 15.8 Å². The Kier molecular flexibility index (Phi) is 5.21. The third-order valence-corrected chi connectivity index (χ3v) is 6.63. The van der Waals surface area contributed by atoms with Gasteiger partial charge in [0.1, 0.15) is 5.75 Å². The van der Waals surface area contributed by atoms with Crippen LogP contribution in [0.15, 0.2) is 18.2 Å². The second-order valence-corrected chi connectivity index (χ2v) is 8.78. The van der Waals surface area contributed by atoms with Crippen LogP contribution < -0.4 is 15.8 Å². The smallest absolute Gasteiger partial charge is 0.223 e. The average Bonchev–Trinajstić information content (AvgIpc) is 3.43. The Bertz CT molecular complexity index is 642. The molecule has 1 aromatic rings. The van der Waals surface area contributed by atoms with Gasteiger partial charge in [0.2, 0.25) is 5.91 Å². The van der Waals surface area contributed by atoms with Crippen LogP contribution in [0.25, 0.3) is 0 Å². The van der Waals surface area contributed by atoms with Crippen LogP contribution in [0.1, 0.15) is 56.1 Å². The first-order chi connectivity index (χ1) is 12.6. The lowest BCUT2D eigenvalue weighted by atomic mass is 9.65. The van der Waals surface area contributed by atoms with Crippen molar-refractivity contribution in [3.05, 3.63) is 29.3 Å². The number of carbonyl (C=O) groups is 1. The van der Waals surface area contributed by atoms with Crippen LogP contribution in [-0.2, 0) is 11.3 Å². The van der Waals surface area contributed by atoms with Crippen molar-refractivity contribution in [2.24, 2.45) is 29.4 Å². The number of hydrogen-bond acceptors (Lipinski definition) is 3. The predicted molar refractivity (Wildman–Crippen MR) is 103 cm³/mol. The van der Waals surface area contributed by atoms with E-state index in [0.717, 1.165) is 36.7 Å². The molecule has 0 spiro atoms. The Labute approximate surface area is 156 Å². The summed E-state index contributed by atoms with van der Waals surface area (Å²) in [5.74, 6) is 3.06. The minimum Gasteiger partial charge on any atom is -0.493 e. The Balaban J connectivity index is 1.35. The summed E-state index contributed by atoms with van der Waals surface area (Å²) in [7, 11) is 0. The van der Waals surface area contributed by atoms with Crippen molar-refractivity contribution in [1.82, 2.24) is 5.32 Å². The van der Waals surface area contributed by atoms with Crippen molar-refractivity contribution in [3.8, 4) is 5.75 Å². The van der Waals surface area contributed by atoms with E-state index in [2.05, 4.69) is 30.4 Å². The highest BCUT2D eigenvalue weighted by atomic mass is 16.5. The van der Waals surface area contributed by atoms with Crippen molar-refractivity contribution in [1.29, 1.82) is 0 Å². The van der Waals surface area contributed by atoms with Gasteiger partial charge in [-0.25, -0.2) is 0 Å². The first-order valence-corrected chi connectivity index (χ1v) is 10.4. The topological polar surface area (TPSA) is 64.4 Å². The quantitative estimate of drug-likeness (QED) is 0.819. The first kappa shape index (κ1) is 17.8. The van der Waals surface area contributed by atoms with E-state index in [1.54, 1.807) is 0 Å². The van der Waals surface area contributed by atoms with Gasteiger partial charge in [-0.15, -0.1) is 0 Å². The second kappa shape index (κ2) is 7.59. The number of carbonyl (C=O) groups excluding carboxylic acids is 1. The van der Waals surface area contributed by atoms with Gasteiger partial charge in [0, 0.05) is 24.1 Å². The van der Waals surface area contributed by atoms with Crippen LogP contribution in [0.5, 0.6) is 5.75 Å². The molecular formula is C22H32N2O2. The van der Waals surface area contributed by atoms with Gasteiger partial charge in [0.25, 0.3) is 0 Å².